The van der Waals surface area contributed by atoms with Crippen molar-refractivity contribution >= 4 is 17.6 Å². The molecule has 1 heterocycles. The van der Waals surface area contributed by atoms with Crippen LogP contribution in [0, 0.1) is 0 Å². The molecule has 0 bridgehead atoms. The van der Waals surface area contributed by atoms with Crippen LogP contribution < -0.4 is 14.2 Å². The lowest BCUT2D eigenvalue weighted by Crippen LogP contribution is -1.99. The molecule has 6 heteroatoms. The molecule has 2 aromatic carbocycles. The molecule has 0 unspecified atom stereocenters. The van der Waals surface area contributed by atoms with Crippen LogP contribution in [-0.4, -0.2) is 17.9 Å². The van der Waals surface area contributed by atoms with Gasteiger partial charge in [0.15, 0.2) is 11.5 Å². The van der Waals surface area contributed by atoms with Crippen LogP contribution in [0.3, 0.4) is 0 Å². The third-order valence-electron chi connectivity index (χ3n) is 3.01. The summed E-state index contributed by atoms with van der Waals surface area (Å²) in [4.78, 5) is 10.8. The van der Waals surface area contributed by atoms with Gasteiger partial charge in [0, 0.05) is 0 Å². The minimum Gasteiger partial charge on any atom is -0.487 e. The third-order valence-corrected chi connectivity index (χ3v) is 3.31. The van der Waals surface area contributed by atoms with Gasteiger partial charge in [-0.05, 0) is 35.9 Å². The molecule has 0 aliphatic carbocycles. The van der Waals surface area contributed by atoms with Crippen LogP contribution in [-0.2, 0) is 6.61 Å². The molecule has 5 nitrogen and oxygen atoms in total. The minimum atomic E-state index is -1.03. The van der Waals surface area contributed by atoms with Gasteiger partial charge in [0.05, 0.1) is 10.6 Å². The molecule has 0 atom stereocenters. The minimum absolute atomic E-state index is 0.121. The second-order valence-corrected chi connectivity index (χ2v) is 4.83. The summed E-state index contributed by atoms with van der Waals surface area (Å²) in [6.07, 6.45) is 0. The molecule has 21 heavy (non-hydrogen) atoms. The lowest BCUT2D eigenvalue weighted by Gasteiger charge is -2.09. The lowest BCUT2D eigenvalue weighted by molar-refractivity contribution is 0.0697. The summed E-state index contributed by atoms with van der Waals surface area (Å²) < 4.78 is 16.1. The van der Waals surface area contributed by atoms with E-state index < -0.39 is 5.97 Å². The Kier molecular flexibility index (Phi) is 3.58. The van der Waals surface area contributed by atoms with E-state index in [1.165, 1.54) is 12.1 Å². The van der Waals surface area contributed by atoms with Gasteiger partial charge in [-0.2, -0.15) is 0 Å². The maximum atomic E-state index is 10.8. The molecule has 1 aliphatic heterocycles. The van der Waals surface area contributed by atoms with E-state index >= 15 is 0 Å². The molecule has 3 rings (SSSR count). The zero-order valence-corrected chi connectivity index (χ0v) is 11.6. The van der Waals surface area contributed by atoms with Crippen molar-refractivity contribution in [3.63, 3.8) is 0 Å². The van der Waals surface area contributed by atoms with E-state index in [4.69, 9.17) is 30.9 Å². The van der Waals surface area contributed by atoms with Crippen molar-refractivity contribution in [1.29, 1.82) is 0 Å². The first-order chi connectivity index (χ1) is 10.1. The zero-order chi connectivity index (χ0) is 14.8. The molecule has 1 aliphatic rings. The maximum absolute atomic E-state index is 10.8. The average molecular weight is 307 g/mol. The Morgan fingerprint density at radius 2 is 2.00 bits per heavy atom. The van der Waals surface area contributed by atoms with Gasteiger partial charge in [-0.15, -0.1) is 0 Å². The standard InChI is InChI=1S/C15H11ClO5/c16-11-6-10(15(17)18)2-4-12(11)19-7-9-1-3-13-14(5-9)21-8-20-13/h1-6H,7-8H2,(H,17,18). The van der Waals surface area contributed by atoms with E-state index in [1.54, 1.807) is 6.07 Å². The summed E-state index contributed by atoms with van der Waals surface area (Å²) in [5.41, 5.74) is 1.02. The Balaban J connectivity index is 1.71. The second kappa shape index (κ2) is 5.54. The van der Waals surface area contributed by atoms with Crippen molar-refractivity contribution in [2.45, 2.75) is 6.61 Å². The second-order valence-electron chi connectivity index (χ2n) is 4.43. The monoisotopic (exact) mass is 306 g/mol. The Bertz CT molecular complexity index is 698. The number of carboxylic acid groups (broad SMARTS) is 1. The third kappa shape index (κ3) is 2.87. The van der Waals surface area contributed by atoms with Crippen LogP contribution in [0.4, 0.5) is 0 Å². The van der Waals surface area contributed by atoms with Crippen molar-refractivity contribution in [2.24, 2.45) is 0 Å². The van der Waals surface area contributed by atoms with Crippen LogP contribution in [0.1, 0.15) is 15.9 Å². The van der Waals surface area contributed by atoms with Crippen LogP contribution in [0.25, 0.3) is 0 Å². The normalized spacial score (nSPS) is 12.2. The predicted molar refractivity (Wildman–Crippen MR) is 75.3 cm³/mol. The summed E-state index contributed by atoms with van der Waals surface area (Å²) in [5.74, 6) is 0.796. The quantitative estimate of drug-likeness (QED) is 0.938. The molecule has 0 saturated heterocycles. The van der Waals surface area contributed by atoms with Gasteiger partial charge < -0.3 is 19.3 Å². The number of rotatable bonds is 4. The highest BCUT2D eigenvalue weighted by Crippen LogP contribution is 2.33. The first-order valence-electron chi connectivity index (χ1n) is 6.17. The fraction of sp³-hybridized carbons (Fsp3) is 0.133. The van der Waals surface area contributed by atoms with Gasteiger partial charge >= 0.3 is 5.97 Å². The molecule has 108 valence electrons. The van der Waals surface area contributed by atoms with E-state index in [1.807, 2.05) is 18.2 Å². The fourth-order valence-electron chi connectivity index (χ4n) is 1.94. The molecular formula is C15H11ClO5. The Labute approximate surface area is 125 Å². The summed E-state index contributed by atoms with van der Waals surface area (Å²) in [6, 6.07) is 9.87. The Morgan fingerprint density at radius 1 is 1.19 bits per heavy atom. The molecule has 0 radical (unpaired) electrons. The van der Waals surface area contributed by atoms with E-state index in [0.717, 1.165) is 5.56 Å². The molecule has 0 aromatic heterocycles. The number of hydrogen-bond acceptors (Lipinski definition) is 4. The number of benzene rings is 2. The highest BCUT2D eigenvalue weighted by Gasteiger charge is 2.14. The average Bonchev–Trinajstić information content (AvgIpc) is 2.93. The topological polar surface area (TPSA) is 65.0 Å². The van der Waals surface area contributed by atoms with Gasteiger partial charge in [0.25, 0.3) is 0 Å². The van der Waals surface area contributed by atoms with Crippen molar-refractivity contribution in [1.82, 2.24) is 0 Å². The van der Waals surface area contributed by atoms with Crippen LogP contribution in [0.15, 0.2) is 36.4 Å². The van der Waals surface area contributed by atoms with Gasteiger partial charge in [-0.1, -0.05) is 17.7 Å². The van der Waals surface area contributed by atoms with Gasteiger partial charge in [0.1, 0.15) is 12.4 Å². The molecule has 0 fully saturated rings. The Morgan fingerprint density at radius 3 is 2.76 bits per heavy atom. The number of carboxylic acids is 1. The lowest BCUT2D eigenvalue weighted by atomic mass is 10.2. The van der Waals surface area contributed by atoms with E-state index in [0.29, 0.717) is 23.9 Å². The Hall–Kier alpha value is -2.40. The van der Waals surface area contributed by atoms with Crippen molar-refractivity contribution in [3.05, 3.63) is 52.5 Å². The smallest absolute Gasteiger partial charge is 0.335 e. The first kappa shape index (κ1) is 13.6. The number of carbonyl (C=O) groups is 1. The number of ether oxygens (including phenoxy) is 3. The van der Waals surface area contributed by atoms with Crippen molar-refractivity contribution in [3.8, 4) is 17.2 Å². The van der Waals surface area contributed by atoms with E-state index in [2.05, 4.69) is 0 Å². The zero-order valence-electron chi connectivity index (χ0n) is 10.8. The molecule has 1 N–H and O–H groups in total. The molecule has 0 spiro atoms. The number of fused-ring (bicyclic) bond motifs is 1. The highest BCUT2D eigenvalue weighted by molar-refractivity contribution is 6.32. The fourth-order valence-corrected chi connectivity index (χ4v) is 2.18. The first-order valence-corrected chi connectivity index (χ1v) is 6.55. The summed E-state index contributed by atoms with van der Waals surface area (Å²) in [5, 5.41) is 9.13. The molecular weight excluding hydrogens is 296 g/mol. The van der Waals surface area contributed by atoms with Crippen LogP contribution in [0.2, 0.25) is 5.02 Å². The summed E-state index contributed by atoms with van der Waals surface area (Å²) in [7, 11) is 0. The number of hydrogen-bond donors (Lipinski definition) is 1. The van der Waals surface area contributed by atoms with E-state index in [9.17, 15) is 4.79 Å². The van der Waals surface area contributed by atoms with Crippen LogP contribution in [0.5, 0.6) is 17.2 Å². The summed E-state index contributed by atoms with van der Waals surface area (Å²) in [6.45, 7) is 0.519. The van der Waals surface area contributed by atoms with Gasteiger partial charge in [-0.3, -0.25) is 0 Å². The molecule has 2 aromatic rings. The van der Waals surface area contributed by atoms with Crippen molar-refractivity contribution < 1.29 is 24.1 Å². The van der Waals surface area contributed by atoms with E-state index in [-0.39, 0.29) is 17.4 Å². The number of aromatic carboxylic acids is 1. The largest absolute Gasteiger partial charge is 0.487 e. The van der Waals surface area contributed by atoms with Crippen molar-refractivity contribution in [2.75, 3.05) is 6.79 Å². The van der Waals surface area contributed by atoms with Gasteiger partial charge in [0.2, 0.25) is 6.79 Å². The maximum Gasteiger partial charge on any atom is 0.335 e. The summed E-state index contributed by atoms with van der Waals surface area (Å²) >= 11 is 6.00. The SMILES string of the molecule is O=C(O)c1ccc(OCc2ccc3c(c2)OCO3)c(Cl)c1. The predicted octanol–water partition coefficient (Wildman–Crippen LogP) is 3.35. The highest BCUT2D eigenvalue weighted by atomic mass is 35.5. The molecule has 0 amide bonds. The van der Waals surface area contributed by atoms with Crippen LogP contribution >= 0.6 is 11.6 Å². The molecule has 0 saturated carbocycles. The van der Waals surface area contributed by atoms with Gasteiger partial charge in [-0.25, -0.2) is 4.79 Å². The number of halogens is 1.